The lowest BCUT2D eigenvalue weighted by atomic mass is 9.28. The Morgan fingerprint density at radius 1 is 1.18 bits per heavy atom. The van der Waals surface area contributed by atoms with Gasteiger partial charge in [-0.25, -0.2) is 0 Å². The van der Waals surface area contributed by atoms with Crippen molar-refractivity contribution < 1.29 is 0 Å². The normalized spacial score (nSPS) is 27.5. The van der Waals surface area contributed by atoms with Crippen LogP contribution in [0.2, 0.25) is 12.1 Å². The topological polar surface area (TPSA) is 0 Å². The van der Waals surface area contributed by atoms with Crippen molar-refractivity contribution >= 4 is 12.2 Å². The van der Waals surface area contributed by atoms with E-state index in [0.717, 1.165) is 18.4 Å². The molecule has 1 heteroatoms. The van der Waals surface area contributed by atoms with Crippen molar-refractivity contribution in [1.82, 2.24) is 0 Å². The van der Waals surface area contributed by atoms with Crippen molar-refractivity contribution in [2.75, 3.05) is 0 Å². The second-order valence-electron chi connectivity index (χ2n) is 6.01. The largest absolute Gasteiger partial charge is 0.179 e. The highest BCUT2D eigenvalue weighted by Gasteiger charge is 2.39. The summed E-state index contributed by atoms with van der Waals surface area (Å²) in [6, 6.07) is 9.25. The van der Waals surface area contributed by atoms with Crippen LogP contribution in [0.15, 0.2) is 24.3 Å². The van der Waals surface area contributed by atoms with E-state index in [1.807, 2.05) is 0 Å². The summed E-state index contributed by atoms with van der Waals surface area (Å²) in [6.07, 6.45) is 10.0. The van der Waals surface area contributed by atoms with Crippen molar-refractivity contribution in [1.29, 1.82) is 0 Å². The summed E-state index contributed by atoms with van der Waals surface area (Å²) in [5.74, 6) is 1.99. The molecule has 0 N–H and O–H groups in total. The lowest BCUT2D eigenvalue weighted by Crippen LogP contribution is -2.46. The molecule has 1 aliphatic carbocycles. The van der Waals surface area contributed by atoms with Crippen molar-refractivity contribution in [2.24, 2.45) is 5.92 Å². The Bertz CT molecular complexity index is 385. The molecule has 0 saturated heterocycles. The molecule has 1 aliphatic heterocycles. The average Bonchev–Trinajstić information content (AvgIpc) is 2.39. The van der Waals surface area contributed by atoms with Gasteiger partial charge in [0.15, 0.2) is 6.71 Å². The Balaban J connectivity index is 1.96. The zero-order valence-corrected chi connectivity index (χ0v) is 11.0. The number of rotatable bonds is 2. The van der Waals surface area contributed by atoms with Gasteiger partial charge in [0.1, 0.15) is 0 Å². The van der Waals surface area contributed by atoms with Gasteiger partial charge in [0.25, 0.3) is 0 Å². The van der Waals surface area contributed by atoms with Gasteiger partial charge in [-0.3, -0.25) is 0 Å². The zero-order chi connectivity index (χ0) is 11.7. The van der Waals surface area contributed by atoms with E-state index in [4.69, 9.17) is 0 Å². The number of fused-ring (bicyclic) bond motifs is 2. The summed E-state index contributed by atoms with van der Waals surface area (Å²) < 4.78 is 0. The van der Waals surface area contributed by atoms with Crippen LogP contribution in [0.3, 0.4) is 0 Å². The minimum atomic E-state index is 0.871. The Labute approximate surface area is 106 Å². The molecule has 90 valence electrons. The van der Waals surface area contributed by atoms with Gasteiger partial charge in [0.2, 0.25) is 0 Å². The highest BCUT2D eigenvalue weighted by Crippen LogP contribution is 2.42. The standard InChI is InChI=1S/C16H23B/c1-2-11-17-15-9-5-3-7-13(15)12-14-8-4-6-10-16(14)17/h3,5,7,9,14,16H,2,4,6,8,10-12H2,1H3. The molecular formula is C16H23B. The highest BCUT2D eigenvalue weighted by molar-refractivity contribution is 6.75. The number of benzene rings is 1. The molecule has 0 bridgehead atoms. The SMILES string of the molecule is CCCB1c2ccccc2CC2CCCCC12. The minimum Gasteiger partial charge on any atom is -0.0766 e. The van der Waals surface area contributed by atoms with E-state index >= 15 is 0 Å². The third-order valence-corrected chi connectivity index (χ3v) is 5.02. The summed E-state index contributed by atoms with van der Waals surface area (Å²) in [6.45, 7) is 3.21. The van der Waals surface area contributed by atoms with Gasteiger partial charge in [0.05, 0.1) is 0 Å². The molecule has 0 nitrogen and oxygen atoms in total. The van der Waals surface area contributed by atoms with Crippen molar-refractivity contribution in [3.8, 4) is 0 Å². The third-order valence-electron chi connectivity index (χ3n) is 5.02. The maximum absolute atomic E-state index is 2.40. The first kappa shape index (κ1) is 11.4. The summed E-state index contributed by atoms with van der Waals surface area (Å²) in [5, 5.41) is 0. The van der Waals surface area contributed by atoms with Gasteiger partial charge < -0.3 is 0 Å². The summed E-state index contributed by atoms with van der Waals surface area (Å²) in [4.78, 5) is 0. The molecule has 0 spiro atoms. The highest BCUT2D eigenvalue weighted by atomic mass is 14.3. The summed E-state index contributed by atoms with van der Waals surface area (Å²) in [7, 11) is 0. The van der Waals surface area contributed by atoms with E-state index in [-0.39, 0.29) is 0 Å². The second kappa shape index (κ2) is 4.88. The van der Waals surface area contributed by atoms with E-state index in [1.165, 1.54) is 44.8 Å². The van der Waals surface area contributed by atoms with Gasteiger partial charge in [-0.1, -0.05) is 86.5 Å². The van der Waals surface area contributed by atoms with Gasteiger partial charge in [-0.05, 0) is 12.3 Å². The van der Waals surface area contributed by atoms with Gasteiger partial charge >= 0.3 is 0 Å². The van der Waals surface area contributed by atoms with Crippen molar-refractivity contribution in [2.45, 2.75) is 57.6 Å². The van der Waals surface area contributed by atoms with E-state index in [9.17, 15) is 0 Å². The Kier molecular flexibility index (Phi) is 3.27. The first-order chi connectivity index (χ1) is 8.40. The second-order valence-corrected chi connectivity index (χ2v) is 6.01. The predicted octanol–water partition coefficient (Wildman–Crippen LogP) is 3.91. The maximum atomic E-state index is 2.40. The molecule has 2 atom stereocenters. The Hall–Kier alpha value is -0.715. The fourth-order valence-corrected chi connectivity index (χ4v) is 4.30. The Morgan fingerprint density at radius 2 is 2.00 bits per heavy atom. The van der Waals surface area contributed by atoms with Crippen LogP contribution in [0.25, 0.3) is 0 Å². The molecule has 3 rings (SSSR count). The van der Waals surface area contributed by atoms with Crippen LogP contribution >= 0.6 is 0 Å². The average molecular weight is 226 g/mol. The van der Waals surface area contributed by atoms with Gasteiger partial charge in [-0.2, -0.15) is 0 Å². The molecule has 0 radical (unpaired) electrons. The predicted molar refractivity (Wildman–Crippen MR) is 76.3 cm³/mol. The first-order valence-electron chi connectivity index (χ1n) is 7.48. The quantitative estimate of drug-likeness (QED) is 0.670. The van der Waals surface area contributed by atoms with Gasteiger partial charge in [-0.15, -0.1) is 0 Å². The monoisotopic (exact) mass is 226 g/mol. The zero-order valence-electron chi connectivity index (χ0n) is 11.0. The summed E-state index contributed by atoms with van der Waals surface area (Å²) in [5.41, 5.74) is 3.35. The molecule has 0 aromatic heterocycles. The molecular weight excluding hydrogens is 203 g/mol. The van der Waals surface area contributed by atoms with Crippen LogP contribution in [0.4, 0.5) is 0 Å². The molecule has 2 aliphatic rings. The fourth-order valence-electron chi connectivity index (χ4n) is 4.30. The van der Waals surface area contributed by atoms with Crippen LogP contribution in [0.1, 0.15) is 44.6 Å². The third kappa shape index (κ3) is 2.05. The van der Waals surface area contributed by atoms with E-state index in [1.54, 1.807) is 11.0 Å². The molecule has 1 aromatic carbocycles. The smallest absolute Gasteiger partial charge is 0.0766 e. The lowest BCUT2D eigenvalue weighted by molar-refractivity contribution is 0.347. The van der Waals surface area contributed by atoms with Crippen molar-refractivity contribution in [3.63, 3.8) is 0 Å². The number of hydrogen-bond acceptors (Lipinski definition) is 0. The maximum Gasteiger partial charge on any atom is 0.179 e. The molecule has 0 amide bonds. The summed E-state index contributed by atoms with van der Waals surface area (Å²) >= 11 is 0. The molecule has 17 heavy (non-hydrogen) atoms. The molecule has 1 saturated carbocycles. The molecule has 1 fully saturated rings. The minimum absolute atomic E-state index is 0.871. The van der Waals surface area contributed by atoms with Crippen LogP contribution in [0.5, 0.6) is 0 Å². The first-order valence-corrected chi connectivity index (χ1v) is 7.48. The number of hydrogen-bond donors (Lipinski definition) is 0. The van der Waals surface area contributed by atoms with E-state index in [2.05, 4.69) is 31.2 Å². The van der Waals surface area contributed by atoms with Crippen LogP contribution in [-0.2, 0) is 6.42 Å². The van der Waals surface area contributed by atoms with Crippen LogP contribution in [-0.4, -0.2) is 6.71 Å². The van der Waals surface area contributed by atoms with E-state index in [0.29, 0.717) is 0 Å². The van der Waals surface area contributed by atoms with Crippen LogP contribution < -0.4 is 5.46 Å². The van der Waals surface area contributed by atoms with Crippen molar-refractivity contribution in [3.05, 3.63) is 29.8 Å². The van der Waals surface area contributed by atoms with Gasteiger partial charge in [0, 0.05) is 0 Å². The Morgan fingerprint density at radius 3 is 2.88 bits per heavy atom. The van der Waals surface area contributed by atoms with E-state index < -0.39 is 0 Å². The fraction of sp³-hybridized carbons (Fsp3) is 0.625. The lowest BCUT2D eigenvalue weighted by Gasteiger charge is -2.41. The molecule has 1 heterocycles. The van der Waals surface area contributed by atoms with Crippen LogP contribution in [0, 0.1) is 5.92 Å². The molecule has 1 aromatic rings. The molecule has 2 unspecified atom stereocenters.